The highest BCUT2D eigenvalue weighted by Crippen LogP contribution is 2.29. The van der Waals surface area contributed by atoms with Crippen LogP contribution in [0.1, 0.15) is 29.9 Å². The maximum Gasteiger partial charge on any atom is 0.236 e. The number of carbonyl (C=O) groups excluding carboxylic acids is 1. The van der Waals surface area contributed by atoms with E-state index in [0.29, 0.717) is 17.0 Å². The molecule has 2 aromatic carbocycles. The van der Waals surface area contributed by atoms with Gasteiger partial charge in [-0.05, 0) is 17.2 Å². The SMILES string of the molecule is CC(c1ccc(-c2ccccc2)c(F)c1)c1cc(CN=C(N)NCC(N)=O)no1. The Morgan fingerprint density at radius 1 is 1.21 bits per heavy atom. The number of halogens is 1. The fourth-order valence-electron chi connectivity index (χ4n) is 2.82. The van der Waals surface area contributed by atoms with Gasteiger partial charge in [0.2, 0.25) is 5.91 Å². The van der Waals surface area contributed by atoms with Crippen LogP contribution in [0.15, 0.2) is 64.1 Å². The van der Waals surface area contributed by atoms with Crippen molar-refractivity contribution >= 4 is 11.9 Å². The van der Waals surface area contributed by atoms with Crippen LogP contribution >= 0.6 is 0 Å². The van der Waals surface area contributed by atoms with E-state index < -0.39 is 5.91 Å². The average Bonchev–Trinajstić information content (AvgIpc) is 3.19. The number of primary amides is 1. The smallest absolute Gasteiger partial charge is 0.236 e. The second-order valence-electron chi connectivity index (χ2n) is 6.57. The van der Waals surface area contributed by atoms with Crippen molar-refractivity contribution in [2.75, 3.05) is 6.54 Å². The number of hydrogen-bond acceptors (Lipinski definition) is 4. The number of guanidine groups is 1. The largest absolute Gasteiger partial charge is 0.370 e. The number of aliphatic imine (C=N–C) groups is 1. The maximum absolute atomic E-state index is 14.6. The summed E-state index contributed by atoms with van der Waals surface area (Å²) in [6.07, 6.45) is 0. The number of rotatable bonds is 7. The van der Waals surface area contributed by atoms with Gasteiger partial charge in [-0.15, -0.1) is 0 Å². The monoisotopic (exact) mass is 395 g/mol. The number of benzene rings is 2. The van der Waals surface area contributed by atoms with Gasteiger partial charge in [-0.2, -0.15) is 0 Å². The molecule has 0 fully saturated rings. The summed E-state index contributed by atoms with van der Waals surface area (Å²) in [5.41, 5.74) is 13.4. The minimum absolute atomic E-state index is 0.0833. The lowest BCUT2D eigenvalue weighted by Crippen LogP contribution is -2.38. The van der Waals surface area contributed by atoms with Crippen LogP contribution in [0.5, 0.6) is 0 Å². The number of nitrogens with two attached hydrogens (primary N) is 2. The Morgan fingerprint density at radius 3 is 2.66 bits per heavy atom. The quantitative estimate of drug-likeness (QED) is 0.419. The molecule has 1 amide bonds. The third-order valence-corrected chi connectivity index (χ3v) is 4.44. The third kappa shape index (κ3) is 5.19. The van der Waals surface area contributed by atoms with E-state index in [2.05, 4.69) is 15.5 Å². The van der Waals surface area contributed by atoms with Gasteiger partial charge in [0.1, 0.15) is 17.3 Å². The summed E-state index contributed by atoms with van der Waals surface area (Å²) in [6.45, 7) is 1.99. The number of hydrogen-bond donors (Lipinski definition) is 3. The van der Waals surface area contributed by atoms with E-state index in [-0.39, 0.29) is 30.8 Å². The summed E-state index contributed by atoms with van der Waals surface area (Å²) in [5, 5.41) is 6.55. The molecule has 0 aliphatic rings. The van der Waals surface area contributed by atoms with Gasteiger partial charge in [-0.1, -0.05) is 54.5 Å². The summed E-state index contributed by atoms with van der Waals surface area (Å²) in [4.78, 5) is 14.8. The molecule has 150 valence electrons. The fraction of sp³-hybridized carbons (Fsp3) is 0.190. The molecule has 0 aliphatic carbocycles. The second-order valence-corrected chi connectivity index (χ2v) is 6.57. The van der Waals surface area contributed by atoms with Crippen molar-refractivity contribution in [2.45, 2.75) is 19.4 Å². The van der Waals surface area contributed by atoms with Gasteiger partial charge in [0.25, 0.3) is 0 Å². The summed E-state index contributed by atoms with van der Waals surface area (Å²) in [6, 6.07) is 16.3. The molecule has 1 aromatic heterocycles. The van der Waals surface area contributed by atoms with Crippen molar-refractivity contribution in [3.63, 3.8) is 0 Å². The fourth-order valence-corrected chi connectivity index (χ4v) is 2.82. The normalized spacial score (nSPS) is 12.6. The molecule has 0 bridgehead atoms. The van der Waals surface area contributed by atoms with Gasteiger partial charge in [0, 0.05) is 17.5 Å². The lowest BCUT2D eigenvalue weighted by atomic mass is 9.95. The molecular formula is C21H22FN5O2. The van der Waals surface area contributed by atoms with Crippen LogP contribution in [0.2, 0.25) is 0 Å². The van der Waals surface area contributed by atoms with E-state index in [1.807, 2.05) is 43.3 Å². The first kappa shape index (κ1) is 20.1. The summed E-state index contributed by atoms with van der Waals surface area (Å²) in [7, 11) is 0. The van der Waals surface area contributed by atoms with Crippen molar-refractivity contribution in [1.29, 1.82) is 0 Å². The van der Waals surface area contributed by atoms with Crippen LogP contribution in [-0.2, 0) is 11.3 Å². The Kier molecular flexibility index (Phi) is 6.23. The molecule has 5 N–H and O–H groups in total. The molecule has 1 heterocycles. The van der Waals surface area contributed by atoms with Gasteiger partial charge >= 0.3 is 0 Å². The van der Waals surface area contributed by atoms with Crippen molar-refractivity contribution in [3.05, 3.63) is 77.4 Å². The molecule has 0 radical (unpaired) electrons. The number of aromatic nitrogens is 1. The van der Waals surface area contributed by atoms with Crippen LogP contribution in [0.25, 0.3) is 11.1 Å². The molecule has 3 aromatic rings. The Bertz CT molecular complexity index is 1020. The highest BCUT2D eigenvalue weighted by molar-refractivity contribution is 5.84. The molecule has 1 unspecified atom stereocenters. The van der Waals surface area contributed by atoms with E-state index in [1.54, 1.807) is 12.1 Å². The van der Waals surface area contributed by atoms with Gasteiger partial charge in [0.15, 0.2) is 5.96 Å². The number of carbonyl (C=O) groups is 1. The zero-order valence-corrected chi connectivity index (χ0v) is 15.9. The lowest BCUT2D eigenvalue weighted by molar-refractivity contribution is -0.116. The van der Waals surface area contributed by atoms with Gasteiger partial charge < -0.3 is 21.3 Å². The van der Waals surface area contributed by atoms with Crippen LogP contribution < -0.4 is 16.8 Å². The highest BCUT2D eigenvalue weighted by Gasteiger charge is 2.16. The predicted octanol–water partition coefficient (Wildman–Crippen LogP) is 2.52. The standard InChI is InChI=1S/C21H22FN5O2/c1-13(15-7-8-17(18(22)9-15)14-5-3-2-4-6-14)19-10-16(27-29-19)11-25-21(24)26-12-20(23)28/h2-10,13H,11-12H2,1H3,(H2,23,28)(H3,24,25,26). The first-order chi connectivity index (χ1) is 13.9. The molecule has 7 nitrogen and oxygen atoms in total. The van der Waals surface area contributed by atoms with Crippen LogP contribution in [0.4, 0.5) is 4.39 Å². The zero-order valence-electron chi connectivity index (χ0n) is 15.9. The first-order valence-electron chi connectivity index (χ1n) is 9.06. The molecule has 0 aliphatic heterocycles. The molecule has 0 spiro atoms. The van der Waals surface area contributed by atoms with E-state index in [0.717, 1.165) is 11.1 Å². The Hall–Kier alpha value is -3.68. The minimum atomic E-state index is -0.536. The van der Waals surface area contributed by atoms with Gasteiger partial charge in [-0.25, -0.2) is 9.38 Å². The van der Waals surface area contributed by atoms with E-state index >= 15 is 0 Å². The van der Waals surface area contributed by atoms with E-state index in [9.17, 15) is 9.18 Å². The topological polar surface area (TPSA) is 120 Å². The molecular weight excluding hydrogens is 373 g/mol. The van der Waals surface area contributed by atoms with Crippen LogP contribution in [0, 0.1) is 5.82 Å². The molecule has 0 saturated carbocycles. The van der Waals surface area contributed by atoms with Crippen LogP contribution in [-0.4, -0.2) is 23.6 Å². The van der Waals surface area contributed by atoms with E-state index in [4.69, 9.17) is 16.0 Å². The molecule has 8 heteroatoms. The minimum Gasteiger partial charge on any atom is -0.370 e. The number of amides is 1. The molecule has 29 heavy (non-hydrogen) atoms. The second kappa shape index (κ2) is 9.01. The lowest BCUT2D eigenvalue weighted by Gasteiger charge is -2.10. The Labute approximate surface area is 167 Å². The predicted molar refractivity (Wildman–Crippen MR) is 108 cm³/mol. The summed E-state index contributed by atoms with van der Waals surface area (Å²) < 4.78 is 20.0. The Balaban J connectivity index is 1.70. The van der Waals surface area contributed by atoms with Gasteiger partial charge in [-0.3, -0.25) is 4.79 Å². The molecule has 3 rings (SSSR count). The number of nitrogens with zero attached hydrogens (tertiary/aromatic N) is 2. The average molecular weight is 395 g/mol. The van der Waals surface area contributed by atoms with E-state index in [1.165, 1.54) is 6.07 Å². The van der Waals surface area contributed by atoms with Crippen molar-refractivity contribution in [1.82, 2.24) is 10.5 Å². The summed E-state index contributed by atoms with van der Waals surface area (Å²) in [5.74, 6) is -0.347. The summed E-state index contributed by atoms with van der Waals surface area (Å²) >= 11 is 0. The van der Waals surface area contributed by atoms with Gasteiger partial charge in [0.05, 0.1) is 13.1 Å². The van der Waals surface area contributed by atoms with Crippen molar-refractivity contribution in [3.8, 4) is 11.1 Å². The molecule has 1 atom stereocenters. The van der Waals surface area contributed by atoms with Crippen molar-refractivity contribution < 1.29 is 13.7 Å². The third-order valence-electron chi connectivity index (χ3n) is 4.44. The Morgan fingerprint density at radius 2 is 1.97 bits per heavy atom. The van der Waals surface area contributed by atoms with Crippen LogP contribution in [0.3, 0.4) is 0 Å². The maximum atomic E-state index is 14.6. The molecule has 0 saturated heterocycles. The highest BCUT2D eigenvalue weighted by atomic mass is 19.1. The first-order valence-corrected chi connectivity index (χ1v) is 9.06. The zero-order chi connectivity index (χ0) is 20.8. The number of nitrogens with one attached hydrogen (secondary N) is 1. The van der Waals surface area contributed by atoms with Crippen molar-refractivity contribution in [2.24, 2.45) is 16.5 Å².